The van der Waals surface area contributed by atoms with E-state index in [1.807, 2.05) is 38.1 Å². The monoisotopic (exact) mass is 377 g/mol. The van der Waals surface area contributed by atoms with Crippen LogP contribution in [0.3, 0.4) is 0 Å². The number of oxazole rings is 1. The zero-order valence-corrected chi connectivity index (χ0v) is 16.5. The minimum absolute atomic E-state index is 0.521. The largest absolute Gasteiger partial charge is 0.494 e. The highest BCUT2D eigenvalue weighted by molar-refractivity contribution is 5.87. The number of hydrogen-bond donors (Lipinski definition) is 0. The number of ether oxygens (including phenoxy) is 1. The standard InChI is InChI=1S/C22H23N3O3/c1-14-7-9-20(27-14)22-24-18(15(2)28-22)13-25(3)12-16-8-10-19(26-4)21-17(16)6-5-11-23-21/h5-11H,12-13H2,1-4H3. The third kappa shape index (κ3) is 3.51. The Labute approximate surface area is 163 Å². The predicted octanol–water partition coefficient (Wildman–Crippen LogP) is 4.74. The summed E-state index contributed by atoms with van der Waals surface area (Å²) in [6, 6.07) is 11.9. The van der Waals surface area contributed by atoms with Gasteiger partial charge in [-0.1, -0.05) is 12.1 Å². The first-order valence-electron chi connectivity index (χ1n) is 9.17. The molecule has 0 radical (unpaired) electrons. The Kier molecular flexibility index (Phi) is 4.88. The summed E-state index contributed by atoms with van der Waals surface area (Å²) in [5.41, 5.74) is 2.97. The molecule has 3 heterocycles. The Morgan fingerprint density at radius 2 is 1.89 bits per heavy atom. The Balaban J connectivity index is 1.55. The van der Waals surface area contributed by atoms with Gasteiger partial charge in [0.2, 0.25) is 0 Å². The maximum atomic E-state index is 5.81. The van der Waals surface area contributed by atoms with Crippen LogP contribution in [0.5, 0.6) is 5.75 Å². The van der Waals surface area contributed by atoms with E-state index >= 15 is 0 Å². The normalized spacial score (nSPS) is 11.5. The maximum Gasteiger partial charge on any atom is 0.263 e. The molecule has 1 aromatic carbocycles. The first kappa shape index (κ1) is 18.3. The molecule has 0 atom stereocenters. The molecule has 0 aliphatic carbocycles. The highest BCUT2D eigenvalue weighted by Gasteiger charge is 2.16. The van der Waals surface area contributed by atoms with Crippen LogP contribution in [0.4, 0.5) is 0 Å². The number of methoxy groups -OCH3 is 1. The third-order valence-electron chi connectivity index (χ3n) is 4.75. The number of nitrogens with zero attached hydrogens (tertiary/aromatic N) is 3. The van der Waals surface area contributed by atoms with E-state index in [1.54, 1.807) is 13.3 Å². The van der Waals surface area contributed by atoms with Crippen molar-refractivity contribution in [2.24, 2.45) is 0 Å². The zero-order valence-electron chi connectivity index (χ0n) is 16.5. The van der Waals surface area contributed by atoms with Crippen molar-refractivity contribution in [2.75, 3.05) is 14.2 Å². The van der Waals surface area contributed by atoms with E-state index < -0.39 is 0 Å². The lowest BCUT2D eigenvalue weighted by Gasteiger charge is -2.17. The molecule has 0 amide bonds. The van der Waals surface area contributed by atoms with Crippen molar-refractivity contribution in [2.45, 2.75) is 26.9 Å². The van der Waals surface area contributed by atoms with Gasteiger partial charge in [0.15, 0.2) is 5.76 Å². The molecule has 144 valence electrons. The minimum Gasteiger partial charge on any atom is -0.494 e. The van der Waals surface area contributed by atoms with Crippen LogP contribution in [0.15, 0.2) is 51.4 Å². The second-order valence-corrected chi connectivity index (χ2v) is 6.93. The topological polar surface area (TPSA) is 64.5 Å². The molecule has 6 nitrogen and oxygen atoms in total. The van der Waals surface area contributed by atoms with Crippen molar-refractivity contribution >= 4 is 10.9 Å². The summed E-state index contributed by atoms with van der Waals surface area (Å²) in [7, 11) is 3.73. The average molecular weight is 377 g/mol. The van der Waals surface area contributed by atoms with E-state index in [2.05, 4.69) is 34.0 Å². The molecule has 0 unspecified atom stereocenters. The number of furan rings is 1. The molecule has 0 aliphatic rings. The van der Waals surface area contributed by atoms with Gasteiger partial charge in [-0.25, -0.2) is 4.98 Å². The van der Waals surface area contributed by atoms with Crippen molar-refractivity contribution in [1.82, 2.24) is 14.9 Å². The molecule has 0 N–H and O–H groups in total. The quantitative estimate of drug-likeness (QED) is 0.484. The first-order valence-corrected chi connectivity index (χ1v) is 9.17. The molecule has 3 aromatic heterocycles. The molecule has 6 heteroatoms. The summed E-state index contributed by atoms with van der Waals surface area (Å²) < 4.78 is 16.9. The summed E-state index contributed by atoms with van der Waals surface area (Å²) in [5.74, 6) is 3.60. The fraction of sp³-hybridized carbons (Fsp3) is 0.273. The van der Waals surface area contributed by atoms with Crippen LogP contribution in [0.2, 0.25) is 0 Å². The van der Waals surface area contributed by atoms with Crippen LogP contribution < -0.4 is 4.74 Å². The molecule has 0 aliphatic heterocycles. The smallest absolute Gasteiger partial charge is 0.263 e. The summed E-state index contributed by atoms with van der Waals surface area (Å²) in [5, 5.41) is 1.09. The number of fused-ring (bicyclic) bond motifs is 1. The summed E-state index contributed by atoms with van der Waals surface area (Å²) in [6.07, 6.45) is 1.79. The molecule has 0 saturated carbocycles. The lowest BCUT2D eigenvalue weighted by atomic mass is 10.1. The Bertz CT molecular complexity index is 1110. The molecule has 0 bridgehead atoms. The maximum absolute atomic E-state index is 5.81. The van der Waals surface area contributed by atoms with Gasteiger partial charge in [-0.05, 0) is 50.7 Å². The molecular weight excluding hydrogens is 354 g/mol. The van der Waals surface area contributed by atoms with E-state index in [4.69, 9.17) is 13.6 Å². The number of pyridine rings is 1. The van der Waals surface area contributed by atoms with Crippen LogP contribution in [-0.4, -0.2) is 29.0 Å². The van der Waals surface area contributed by atoms with Crippen molar-refractivity contribution in [1.29, 1.82) is 0 Å². The second kappa shape index (κ2) is 7.48. The van der Waals surface area contributed by atoms with Crippen molar-refractivity contribution < 1.29 is 13.6 Å². The van der Waals surface area contributed by atoms with Crippen molar-refractivity contribution in [3.05, 3.63) is 65.4 Å². The first-order chi connectivity index (χ1) is 13.5. The van der Waals surface area contributed by atoms with E-state index in [1.165, 1.54) is 5.56 Å². The predicted molar refractivity (Wildman–Crippen MR) is 107 cm³/mol. The van der Waals surface area contributed by atoms with Gasteiger partial charge in [-0.2, -0.15) is 0 Å². The number of rotatable bonds is 6. The molecule has 4 rings (SSSR count). The van der Waals surface area contributed by atoms with Crippen LogP contribution >= 0.6 is 0 Å². The SMILES string of the molecule is COc1ccc(CN(C)Cc2nc(-c3ccc(C)o3)oc2C)c2cccnc12. The van der Waals surface area contributed by atoms with Gasteiger partial charge >= 0.3 is 0 Å². The minimum atomic E-state index is 0.521. The number of aromatic nitrogens is 2. The lowest BCUT2D eigenvalue weighted by molar-refractivity contribution is 0.314. The number of benzene rings is 1. The van der Waals surface area contributed by atoms with Crippen LogP contribution in [0, 0.1) is 13.8 Å². The number of hydrogen-bond acceptors (Lipinski definition) is 6. The van der Waals surface area contributed by atoms with Crippen LogP contribution in [-0.2, 0) is 13.1 Å². The van der Waals surface area contributed by atoms with Gasteiger partial charge in [0.25, 0.3) is 5.89 Å². The Morgan fingerprint density at radius 3 is 2.64 bits per heavy atom. The Hall–Kier alpha value is -3.12. The summed E-state index contributed by atoms with van der Waals surface area (Å²) >= 11 is 0. The molecule has 0 saturated heterocycles. The highest BCUT2D eigenvalue weighted by atomic mass is 16.5. The van der Waals surface area contributed by atoms with Gasteiger partial charge in [-0.3, -0.25) is 9.88 Å². The van der Waals surface area contributed by atoms with Crippen LogP contribution in [0.1, 0.15) is 22.8 Å². The van der Waals surface area contributed by atoms with Gasteiger partial charge < -0.3 is 13.6 Å². The molecule has 0 spiro atoms. The van der Waals surface area contributed by atoms with E-state index in [0.29, 0.717) is 18.2 Å². The lowest BCUT2D eigenvalue weighted by Crippen LogP contribution is -2.18. The number of aryl methyl sites for hydroxylation is 2. The van der Waals surface area contributed by atoms with E-state index in [9.17, 15) is 0 Å². The van der Waals surface area contributed by atoms with Gasteiger partial charge in [0.1, 0.15) is 22.8 Å². The second-order valence-electron chi connectivity index (χ2n) is 6.93. The van der Waals surface area contributed by atoms with Gasteiger partial charge in [0, 0.05) is 24.7 Å². The van der Waals surface area contributed by atoms with Gasteiger partial charge in [-0.15, -0.1) is 0 Å². The summed E-state index contributed by atoms with van der Waals surface area (Å²) in [6.45, 7) is 5.26. The average Bonchev–Trinajstić information content (AvgIpc) is 3.28. The summed E-state index contributed by atoms with van der Waals surface area (Å²) in [4.78, 5) is 11.3. The molecule has 0 fully saturated rings. The fourth-order valence-corrected chi connectivity index (χ4v) is 3.34. The fourth-order valence-electron chi connectivity index (χ4n) is 3.34. The zero-order chi connectivity index (χ0) is 19.7. The van der Waals surface area contributed by atoms with E-state index in [-0.39, 0.29) is 0 Å². The molecule has 28 heavy (non-hydrogen) atoms. The van der Waals surface area contributed by atoms with Gasteiger partial charge in [0.05, 0.1) is 12.8 Å². The Morgan fingerprint density at radius 1 is 1.04 bits per heavy atom. The highest BCUT2D eigenvalue weighted by Crippen LogP contribution is 2.28. The van der Waals surface area contributed by atoms with Crippen molar-refractivity contribution in [3.8, 4) is 17.4 Å². The molecule has 4 aromatic rings. The van der Waals surface area contributed by atoms with Crippen LogP contribution in [0.25, 0.3) is 22.6 Å². The van der Waals surface area contributed by atoms with E-state index in [0.717, 1.165) is 40.4 Å². The van der Waals surface area contributed by atoms with Crippen molar-refractivity contribution in [3.63, 3.8) is 0 Å². The molecular formula is C22H23N3O3. The third-order valence-corrected chi connectivity index (χ3v) is 4.75.